The highest BCUT2D eigenvalue weighted by Crippen LogP contribution is 2.25. The van der Waals surface area contributed by atoms with Crippen LogP contribution in [-0.4, -0.2) is 46.6 Å². The Morgan fingerprint density at radius 2 is 1.94 bits per heavy atom. The quantitative estimate of drug-likeness (QED) is 0.262. The van der Waals surface area contributed by atoms with Crippen LogP contribution < -0.4 is 15.4 Å². The number of fused-ring (bicyclic) bond motifs is 1. The summed E-state index contributed by atoms with van der Waals surface area (Å²) in [6.07, 6.45) is 7.32. The number of halogens is 1. The number of H-pyrrole nitrogens is 1. The number of anilines is 3. The van der Waals surface area contributed by atoms with Gasteiger partial charge < -0.3 is 20.4 Å². The smallest absolute Gasteiger partial charge is 0.229 e. The third-order valence-electron chi connectivity index (χ3n) is 6.22. The monoisotopic (exact) mass is 520 g/mol. The molecule has 0 aliphatic carbocycles. The molecule has 1 saturated heterocycles. The topological polar surface area (TPSA) is 78.1 Å². The molecule has 0 spiro atoms. The van der Waals surface area contributed by atoms with Gasteiger partial charge in [0.05, 0.1) is 11.6 Å². The minimum atomic E-state index is 0.567. The number of aromatic amines is 1. The summed E-state index contributed by atoms with van der Waals surface area (Å²) in [7, 11) is 1.68. The number of rotatable bonds is 9. The van der Waals surface area contributed by atoms with Crippen LogP contribution >= 0.6 is 15.9 Å². The summed E-state index contributed by atoms with van der Waals surface area (Å²) in [6.45, 7) is 4.18. The summed E-state index contributed by atoms with van der Waals surface area (Å²) >= 11 is 3.56. The molecule has 7 nitrogen and oxygen atoms in total. The Balaban J connectivity index is 1.19. The van der Waals surface area contributed by atoms with Crippen molar-refractivity contribution in [1.29, 1.82) is 0 Å². The first-order valence-corrected chi connectivity index (χ1v) is 12.5. The van der Waals surface area contributed by atoms with E-state index in [1.165, 1.54) is 42.4 Å². The van der Waals surface area contributed by atoms with Crippen molar-refractivity contribution in [1.82, 2.24) is 19.9 Å². The maximum atomic E-state index is 5.31. The van der Waals surface area contributed by atoms with Crippen molar-refractivity contribution < 1.29 is 4.74 Å². The molecule has 0 saturated carbocycles. The molecule has 0 bridgehead atoms. The van der Waals surface area contributed by atoms with Gasteiger partial charge in [-0.25, -0.2) is 4.98 Å². The van der Waals surface area contributed by atoms with E-state index in [9.17, 15) is 0 Å². The Hall–Kier alpha value is -3.10. The minimum Gasteiger partial charge on any atom is -0.497 e. The molecular formula is C26H29BrN6O. The predicted octanol–water partition coefficient (Wildman–Crippen LogP) is 5.72. The second-order valence-corrected chi connectivity index (χ2v) is 9.45. The number of methoxy groups -OCH3 is 1. The molecule has 2 aromatic carbocycles. The van der Waals surface area contributed by atoms with Crippen LogP contribution in [0.3, 0.4) is 0 Å². The highest BCUT2D eigenvalue weighted by Gasteiger charge is 2.12. The Morgan fingerprint density at radius 3 is 2.74 bits per heavy atom. The van der Waals surface area contributed by atoms with Gasteiger partial charge in [-0.2, -0.15) is 4.98 Å². The third kappa shape index (κ3) is 5.34. The van der Waals surface area contributed by atoms with Crippen molar-refractivity contribution in [2.45, 2.75) is 25.8 Å². The van der Waals surface area contributed by atoms with Gasteiger partial charge >= 0.3 is 0 Å². The summed E-state index contributed by atoms with van der Waals surface area (Å²) in [5, 5.41) is 7.96. The Labute approximate surface area is 208 Å². The van der Waals surface area contributed by atoms with Gasteiger partial charge in [-0.1, -0.05) is 12.1 Å². The molecule has 0 radical (unpaired) electrons. The zero-order valence-electron chi connectivity index (χ0n) is 19.3. The number of nitrogens with one attached hydrogen (secondary N) is 3. The highest BCUT2D eigenvalue weighted by molar-refractivity contribution is 9.10. The lowest BCUT2D eigenvalue weighted by Crippen LogP contribution is -2.18. The van der Waals surface area contributed by atoms with E-state index >= 15 is 0 Å². The van der Waals surface area contributed by atoms with Gasteiger partial charge in [-0.05, 0) is 83.7 Å². The fraction of sp³-hybridized carbons (Fsp3) is 0.308. The summed E-state index contributed by atoms with van der Waals surface area (Å²) in [4.78, 5) is 14.9. The predicted molar refractivity (Wildman–Crippen MR) is 141 cm³/mol. The molecule has 8 heteroatoms. The lowest BCUT2D eigenvalue weighted by molar-refractivity contribution is 0.331. The van der Waals surface area contributed by atoms with Crippen LogP contribution in [0, 0.1) is 0 Å². The lowest BCUT2D eigenvalue weighted by Gasteiger charge is -2.15. The zero-order valence-corrected chi connectivity index (χ0v) is 20.9. The standard InChI is InChI=1S/C26H29BrN6O/c1-34-21-8-9-22-19(15-29-24(22)14-21)10-11-28-25-23(27)16-30-26(32-25)31-20-6-4-18(5-7-20)17-33-12-2-3-13-33/h4-9,14-16,29H,2-3,10-13,17H2,1H3,(H2,28,30,31,32). The number of ether oxygens (including phenoxy) is 1. The Kier molecular flexibility index (Phi) is 6.97. The van der Waals surface area contributed by atoms with Crippen molar-refractivity contribution in [3.63, 3.8) is 0 Å². The van der Waals surface area contributed by atoms with E-state index in [2.05, 4.69) is 82.9 Å². The number of benzene rings is 2. The average molecular weight is 521 g/mol. The average Bonchev–Trinajstić information content (AvgIpc) is 3.52. The van der Waals surface area contributed by atoms with Crippen LogP contribution in [0.4, 0.5) is 17.5 Å². The highest BCUT2D eigenvalue weighted by atomic mass is 79.9. The van der Waals surface area contributed by atoms with Gasteiger partial charge in [0.2, 0.25) is 5.95 Å². The van der Waals surface area contributed by atoms with Crippen LogP contribution in [0.15, 0.2) is 59.3 Å². The molecule has 5 rings (SSSR count). The summed E-state index contributed by atoms with van der Waals surface area (Å²) in [5.41, 5.74) is 4.65. The van der Waals surface area contributed by atoms with Gasteiger partial charge in [0, 0.05) is 48.1 Å². The SMILES string of the molecule is COc1ccc2c(CCNc3nc(Nc4ccc(CN5CCCC5)cc4)ncc3Br)c[nH]c2c1. The van der Waals surface area contributed by atoms with E-state index in [0.29, 0.717) is 5.95 Å². The van der Waals surface area contributed by atoms with Crippen LogP contribution in [0.25, 0.3) is 10.9 Å². The normalized spacial score (nSPS) is 13.9. The molecule has 176 valence electrons. The fourth-order valence-electron chi connectivity index (χ4n) is 4.39. The van der Waals surface area contributed by atoms with E-state index in [1.54, 1.807) is 13.3 Å². The number of aromatic nitrogens is 3. The number of nitrogens with zero attached hydrogens (tertiary/aromatic N) is 3. The molecular weight excluding hydrogens is 492 g/mol. The molecule has 0 unspecified atom stereocenters. The first-order valence-electron chi connectivity index (χ1n) is 11.7. The first kappa shape index (κ1) is 22.7. The fourth-order valence-corrected chi connectivity index (χ4v) is 4.72. The molecule has 34 heavy (non-hydrogen) atoms. The summed E-state index contributed by atoms with van der Waals surface area (Å²) in [5.74, 6) is 2.19. The first-order chi connectivity index (χ1) is 16.7. The van der Waals surface area contributed by atoms with Crippen molar-refractivity contribution in [2.75, 3.05) is 37.4 Å². The second-order valence-electron chi connectivity index (χ2n) is 8.60. The minimum absolute atomic E-state index is 0.567. The van der Waals surface area contributed by atoms with E-state index in [-0.39, 0.29) is 0 Å². The summed E-state index contributed by atoms with van der Waals surface area (Å²) < 4.78 is 6.15. The number of likely N-dealkylation sites (tertiary alicyclic amines) is 1. The van der Waals surface area contributed by atoms with Crippen LogP contribution in [-0.2, 0) is 13.0 Å². The molecule has 3 N–H and O–H groups in total. The maximum Gasteiger partial charge on any atom is 0.229 e. The van der Waals surface area contributed by atoms with Gasteiger partial charge in [0.1, 0.15) is 11.6 Å². The molecule has 1 aliphatic heterocycles. The van der Waals surface area contributed by atoms with E-state index in [0.717, 1.165) is 46.8 Å². The van der Waals surface area contributed by atoms with Crippen molar-refractivity contribution in [2.24, 2.45) is 0 Å². The summed E-state index contributed by atoms with van der Waals surface area (Å²) in [6, 6.07) is 14.6. The van der Waals surface area contributed by atoms with E-state index < -0.39 is 0 Å². The Morgan fingerprint density at radius 1 is 1.12 bits per heavy atom. The van der Waals surface area contributed by atoms with Crippen LogP contribution in [0.2, 0.25) is 0 Å². The van der Waals surface area contributed by atoms with E-state index in [4.69, 9.17) is 4.74 Å². The molecule has 0 amide bonds. The van der Waals surface area contributed by atoms with Crippen molar-refractivity contribution in [3.8, 4) is 5.75 Å². The van der Waals surface area contributed by atoms with Crippen LogP contribution in [0.1, 0.15) is 24.0 Å². The van der Waals surface area contributed by atoms with Gasteiger partial charge in [-0.15, -0.1) is 0 Å². The van der Waals surface area contributed by atoms with Gasteiger partial charge in [-0.3, -0.25) is 4.90 Å². The van der Waals surface area contributed by atoms with Gasteiger partial charge in [0.25, 0.3) is 0 Å². The molecule has 0 atom stereocenters. The Bertz CT molecular complexity index is 1250. The van der Waals surface area contributed by atoms with E-state index in [1.807, 2.05) is 12.1 Å². The van der Waals surface area contributed by atoms with Crippen molar-refractivity contribution >= 4 is 44.3 Å². The largest absolute Gasteiger partial charge is 0.497 e. The lowest BCUT2D eigenvalue weighted by atomic mass is 10.1. The molecule has 2 aromatic heterocycles. The molecule has 3 heterocycles. The molecule has 4 aromatic rings. The molecule has 1 fully saturated rings. The van der Waals surface area contributed by atoms with Gasteiger partial charge in [0.15, 0.2) is 0 Å². The zero-order chi connectivity index (χ0) is 23.3. The van der Waals surface area contributed by atoms with Crippen LogP contribution in [0.5, 0.6) is 5.75 Å². The third-order valence-corrected chi connectivity index (χ3v) is 6.80. The van der Waals surface area contributed by atoms with Crippen molar-refractivity contribution in [3.05, 3.63) is 70.5 Å². The number of hydrogen-bond acceptors (Lipinski definition) is 6. The maximum absolute atomic E-state index is 5.31. The second kappa shape index (κ2) is 10.4. The number of hydrogen-bond donors (Lipinski definition) is 3. The molecule has 1 aliphatic rings.